The van der Waals surface area contributed by atoms with E-state index in [9.17, 15) is 14.7 Å². The highest BCUT2D eigenvalue weighted by Crippen LogP contribution is 2.39. The van der Waals surface area contributed by atoms with Crippen LogP contribution < -0.4 is 0 Å². The summed E-state index contributed by atoms with van der Waals surface area (Å²) in [4.78, 5) is 25.4. The third-order valence-corrected chi connectivity index (χ3v) is 3.73. The Kier molecular flexibility index (Phi) is 3.92. The molecule has 104 valence electrons. The molecule has 0 bridgehead atoms. The van der Waals surface area contributed by atoms with E-state index in [0.717, 1.165) is 0 Å². The third kappa shape index (κ3) is 2.74. The topological polar surface area (TPSA) is 57.6 Å². The molecular formula is C14H25NO3. The van der Waals surface area contributed by atoms with Crippen molar-refractivity contribution in [2.45, 2.75) is 71.5 Å². The SMILES string of the molecule is CC(C)C(C(=O)O)N1C(C)(C)CC(=O)CC1(C)C. The van der Waals surface area contributed by atoms with E-state index in [2.05, 4.69) is 0 Å². The first-order valence-electron chi connectivity index (χ1n) is 6.53. The molecule has 0 saturated carbocycles. The van der Waals surface area contributed by atoms with Crippen LogP contribution in [0.5, 0.6) is 0 Å². The largest absolute Gasteiger partial charge is 0.480 e. The molecule has 0 aromatic heterocycles. The van der Waals surface area contributed by atoms with E-state index >= 15 is 0 Å². The molecule has 1 atom stereocenters. The number of carbonyl (C=O) groups is 2. The second-order valence-corrected chi connectivity index (χ2v) is 6.91. The molecule has 0 amide bonds. The minimum atomic E-state index is -0.805. The molecule has 0 spiro atoms. The number of likely N-dealkylation sites (tertiary alicyclic amines) is 1. The molecule has 1 aliphatic rings. The highest BCUT2D eigenvalue weighted by Gasteiger charge is 2.50. The molecule has 1 rings (SSSR count). The number of carbonyl (C=O) groups excluding carboxylic acids is 1. The maximum absolute atomic E-state index is 11.8. The summed E-state index contributed by atoms with van der Waals surface area (Å²) in [5, 5.41) is 9.50. The van der Waals surface area contributed by atoms with Gasteiger partial charge in [-0.25, -0.2) is 0 Å². The lowest BCUT2D eigenvalue weighted by molar-refractivity contribution is -0.161. The summed E-state index contributed by atoms with van der Waals surface area (Å²) in [6.45, 7) is 11.7. The van der Waals surface area contributed by atoms with Crippen LogP contribution in [0.25, 0.3) is 0 Å². The molecule has 18 heavy (non-hydrogen) atoms. The van der Waals surface area contributed by atoms with Gasteiger partial charge in [0, 0.05) is 23.9 Å². The van der Waals surface area contributed by atoms with Crippen molar-refractivity contribution in [3.63, 3.8) is 0 Å². The fourth-order valence-corrected chi connectivity index (χ4v) is 3.46. The molecular weight excluding hydrogens is 230 g/mol. The smallest absolute Gasteiger partial charge is 0.321 e. The monoisotopic (exact) mass is 255 g/mol. The molecule has 1 N–H and O–H groups in total. The summed E-state index contributed by atoms with van der Waals surface area (Å²) in [5.41, 5.74) is -0.821. The highest BCUT2D eigenvalue weighted by atomic mass is 16.4. The molecule has 1 heterocycles. The number of aliphatic carboxylic acids is 1. The maximum Gasteiger partial charge on any atom is 0.321 e. The Morgan fingerprint density at radius 3 is 1.83 bits per heavy atom. The molecule has 0 radical (unpaired) electrons. The average molecular weight is 255 g/mol. The van der Waals surface area contributed by atoms with Crippen molar-refractivity contribution in [3.05, 3.63) is 0 Å². The molecule has 0 aromatic rings. The van der Waals surface area contributed by atoms with Crippen LogP contribution in [-0.4, -0.2) is 38.9 Å². The van der Waals surface area contributed by atoms with Gasteiger partial charge < -0.3 is 5.11 Å². The van der Waals surface area contributed by atoms with Crippen LogP contribution in [0.4, 0.5) is 0 Å². The Hall–Kier alpha value is -0.900. The van der Waals surface area contributed by atoms with Gasteiger partial charge in [-0.1, -0.05) is 13.8 Å². The van der Waals surface area contributed by atoms with Crippen LogP contribution >= 0.6 is 0 Å². The maximum atomic E-state index is 11.8. The Morgan fingerprint density at radius 1 is 1.17 bits per heavy atom. The van der Waals surface area contributed by atoms with Crippen molar-refractivity contribution in [1.29, 1.82) is 0 Å². The van der Waals surface area contributed by atoms with Crippen molar-refractivity contribution in [2.75, 3.05) is 0 Å². The second kappa shape index (κ2) is 4.65. The number of hydrogen-bond donors (Lipinski definition) is 1. The van der Waals surface area contributed by atoms with E-state index in [1.807, 2.05) is 46.4 Å². The molecule has 0 aromatic carbocycles. The minimum Gasteiger partial charge on any atom is -0.480 e. The van der Waals surface area contributed by atoms with E-state index in [4.69, 9.17) is 0 Å². The van der Waals surface area contributed by atoms with Crippen LogP contribution in [0.15, 0.2) is 0 Å². The van der Waals surface area contributed by atoms with E-state index in [1.165, 1.54) is 0 Å². The van der Waals surface area contributed by atoms with Gasteiger partial charge in [-0.05, 0) is 33.6 Å². The summed E-state index contributed by atoms with van der Waals surface area (Å²) in [6.07, 6.45) is 0.847. The van der Waals surface area contributed by atoms with Crippen LogP contribution in [0, 0.1) is 5.92 Å². The number of piperidine rings is 1. The predicted molar refractivity (Wildman–Crippen MR) is 70.5 cm³/mol. The zero-order valence-electron chi connectivity index (χ0n) is 12.3. The van der Waals surface area contributed by atoms with Gasteiger partial charge in [-0.3, -0.25) is 14.5 Å². The normalized spacial score (nSPS) is 25.2. The van der Waals surface area contributed by atoms with E-state index in [-0.39, 0.29) is 11.7 Å². The van der Waals surface area contributed by atoms with Gasteiger partial charge in [0.05, 0.1) is 0 Å². The lowest BCUT2D eigenvalue weighted by atomic mass is 9.76. The van der Waals surface area contributed by atoms with Crippen molar-refractivity contribution in [1.82, 2.24) is 4.90 Å². The zero-order valence-corrected chi connectivity index (χ0v) is 12.3. The lowest BCUT2D eigenvalue weighted by Gasteiger charge is -2.55. The lowest BCUT2D eigenvalue weighted by Crippen LogP contribution is -2.67. The van der Waals surface area contributed by atoms with Gasteiger partial charge in [0.1, 0.15) is 11.8 Å². The van der Waals surface area contributed by atoms with Crippen molar-refractivity contribution >= 4 is 11.8 Å². The Morgan fingerprint density at radius 2 is 1.56 bits per heavy atom. The van der Waals surface area contributed by atoms with Gasteiger partial charge in [0.15, 0.2) is 0 Å². The molecule has 1 saturated heterocycles. The first-order valence-corrected chi connectivity index (χ1v) is 6.53. The van der Waals surface area contributed by atoms with E-state index < -0.39 is 23.1 Å². The van der Waals surface area contributed by atoms with E-state index in [1.54, 1.807) is 0 Å². The van der Waals surface area contributed by atoms with Gasteiger partial charge in [0.2, 0.25) is 0 Å². The quantitative estimate of drug-likeness (QED) is 0.840. The summed E-state index contributed by atoms with van der Waals surface area (Å²) >= 11 is 0. The number of carboxylic acid groups (broad SMARTS) is 1. The minimum absolute atomic E-state index is 0.00857. The highest BCUT2D eigenvalue weighted by molar-refractivity contribution is 5.82. The molecule has 4 nitrogen and oxygen atoms in total. The fourth-order valence-electron chi connectivity index (χ4n) is 3.46. The van der Waals surface area contributed by atoms with Crippen LogP contribution in [0.2, 0.25) is 0 Å². The number of hydrogen-bond acceptors (Lipinski definition) is 3. The molecule has 1 unspecified atom stereocenters. The molecule has 1 aliphatic heterocycles. The summed E-state index contributed by atoms with van der Waals surface area (Å²) < 4.78 is 0. The summed E-state index contributed by atoms with van der Waals surface area (Å²) in [5.74, 6) is -0.580. The first-order chi connectivity index (χ1) is 7.99. The molecule has 0 aliphatic carbocycles. The number of rotatable bonds is 3. The fraction of sp³-hybridized carbons (Fsp3) is 0.857. The van der Waals surface area contributed by atoms with Crippen molar-refractivity contribution < 1.29 is 14.7 Å². The second-order valence-electron chi connectivity index (χ2n) is 6.91. The standard InChI is InChI=1S/C14H25NO3/c1-9(2)11(12(17)18)15-13(3,4)7-10(16)8-14(15,5)6/h9,11H,7-8H2,1-6H3,(H,17,18). The van der Waals surface area contributed by atoms with E-state index in [0.29, 0.717) is 12.8 Å². The Bertz CT molecular complexity index is 338. The average Bonchev–Trinajstić information content (AvgIpc) is 2.07. The van der Waals surface area contributed by atoms with Crippen LogP contribution in [0.3, 0.4) is 0 Å². The van der Waals surface area contributed by atoms with Gasteiger partial charge >= 0.3 is 5.97 Å². The van der Waals surface area contributed by atoms with Gasteiger partial charge in [-0.2, -0.15) is 0 Å². The van der Waals surface area contributed by atoms with Crippen molar-refractivity contribution in [2.24, 2.45) is 5.92 Å². The number of Topliss-reactive ketones (excluding diaryl/α,β-unsaturated/α-hetero) is 1. The Labute approximate surface area is 109 Å². The summed E-state index contributed by atoms with van der Waals surface area (Å²) in [7, 11) is 0. The van der Waals surface area contributed by atoms with Gasteiger partial charge in [0.25, 0.3) is 0 Å². The number of ketones is 1. The summed E-state index contributed by atoms with van der Waals surface area (Å²) in [6, 6.07) is -0.553. The third-order valence-electron chi connectivity index (χ3n) is 3.73. The van der Waals surface area contributed by atoms with Crippen LogP contribution in [0.1, 0.15) is 54.4 Å². The Balaban J connectivity index is 3.23. The zero-order chi connectivity index (χ0) is 14.3. The number of nitrogens with zero attached hydrogens (tertiary/aromatic N) is 1. The molecule has 4 heteroatoms. The predicted octanol–water partition coefficient (Wildman–Crippen LogP) is 2.32. The van der Waals surface area contributed by atoms with Crippen LogP contribution in [-0.2, 0) is 9.59 Å². The molecule has 1 fully saturated rings. The number of carboxylic acids is 1. The van der Waals surface area contributed by atoms with Crippen molar-refractivity contribution in [3.8, 4) is 0 Å². The first kappa shape index (κ1) is 15.2. The van der Waals surface area contributed by atoms with Gasteiger partial charge in [-0.15, -0.1) is 0 Å².